The molecule has 0 bridgehead atoms. The lowest BCUT2D eigenvalue weighted by Crippen LogP contribution is -2.68. The fraction of sp³-hybridized carbons (Fsp3) is 0.684. The van der Waals surface area contributed by atoms with Crippen molar-refractivity contribution >= 4 is 6.03 Å². The molecule has 2 N–H and O–H groups in total. The van der Waals surface area contributed by atoms with Crippen molar-refractivity contribution in [3.05, 3.63) is 34.7 Å². The van der Waals surface area contributed by atoms with Gasteiger partial charge in [0, 0.05) is 43.4 Å². The van der Waals surface area contributed by atoms with Crippen LogP contribution < -0.4 is 16.2 Å². The number of ether oxygens (including phenoxy) is 1. The van der Waals surface area contributed by atoms with Gasteiger partial charge < -0.3 is 19.9 Å². The van der Waals surface area contributed by atoms with E-state index < -0.39 is 0 Å². The van der Waals surface area contributed by atoms with E-state index in [0.717, 1.165) is 38.7 Å². The Kier molecular flexibility index (Phi) is 5.78. The zero-order valence-corrected chi connectivity index (χ0v) is 15.0. The minimum atomic E-state index is -0.0805. The predicted molar refractivity (Wildman–Crippen MR) is 96.6 cm³/mol. The molecule has 6 nitrogen and oxygen atoms in total. The number of amides is 2. The van der Waals surface area contributed by atoms with Gasteiger partial charge in [-0.3, -0.25) is 4.79 Å². The van der Waals surface area contributed by atoms with Gasteiger partial charge in [0.2, 0.25) is 5.56 Å². The zero-order chi connectivity index (χ0) is 17.7. The van der Waals surface area contributed by atoms with Gasteiger partial charge in [-0.2, -0.15) is 0 Å². The van der Waals surface area contributed by atoms with Crippen LogP contribution in [-0.2, 0) is 11.3 Å². The number of aryl methyl sites for hydroxylation is 1. The Morgan fingerprint density at radius 2 is 2.20 bits per heavy atom. The Labute approximate surface area is 148 Å². The molecule has 138 valence electrons. The Bertz CT molecular complexity index is 639. The number of rotatable bonds is 8. The topological polar surface area (TPSA) is 72.4 Å². The van der Waals surface area contributed by atoms with E-state index in [-0.39, 0.29) is 23.0 Å². The lowest BCUT2D eigenvalue weighted by Gasteiger charge is -2.60. The van der Waals surface area contributed by atoms with Crippen molar-refractivity contribution < 1.29 is 9.53 Å². The van der Waals surface area contributed by atoms with Gasteiger partial charge >= 0.3 is 6.03 Å². The lowest BCUT2D eigenvalue weighted by molar-refractivity contribution is -0.169. The molecule has 0 aliphatic heterocycles. The Morgan fingerprint density at radius 1 is 1.36 bits per heavy atom. The number of hydrogen-bond donors (Lipinski definition) is 2. The van der Waals surface area contributed by atoms with Gasteiger partial charge in [-0.1, -0.05) is 12.5 Å². The summed E-state index contributed by atoms with van der Waals surface area (Å²) in [6.07, 6.45) is 8.33. The van der Waals surface area contributed by atoms with Crippen LogP contribution >= 0.6 is 0 Å². The van der Waals surface area contributed by atoms with E-state index >= 15 is 0 Å². The predicted octanol–water partition coefficient (Wildman–Crippen LogP) is 2.28. The molecule has 3 rings (SSSR count). The highest BCUT2D eigenvalue weighted by Crippen LogP contribution is 2.57. The van der Waals surface area contributed by atoms with Gasteiger partial charge in [0.15, 0.2) is 0 Å². The zero-order valence-electron chi connectivity index (χ0n) is 15.0. The molecule has 6 heteroatoms. The highest BCUT2D eigenvalue weighted by Gasteiger charge is 2.59. The average molecular weight is 347 g/mol. The number of aromatic nitrogens is 1. The molecule has 2 saturated carbocycles. The summed E-state index contributed by atoms with van der Waals surface area (Å²) in [7, 11) is 0. The Morgan fingerprint density at radius 3 is 2.88 bits per heavy atom. The van der Waals surface area contributed by atoms with Crippen LogP contribution in [0.5, 0.6) is 0 Å². The largest absolute Gasteiger partial charge is 0.378 e. The molecular formula is C19H29N3O3. The molecule has 2 atom stereocenters. The van der Waals surface area contributed by atoms with E-state index in [1.807, 2.05) is 13.0 Å². The number of unbranched alkanes of at least 4 members (excludes halogenated alkanes) is 1. The molecule has 2 amide bonds. The minimum Gasteiger partial charge on any atom is -0.378 e. The smallest absolute Gasteiger partial charge is 0.315 e. The third-order valence-corrected chi connectivity index (χ3v) is 5.75. The highest BCUT2D eigenvalue weighted by molar-refractivity contribution is 5.74. The van der Waals surface area contributed by atoms with Crippen molar-refractivity contribution in [2.45, 2.75) is 64.1 Å². The summed E-state index contributed by atoms with van der Waals surface area (Å²) in [4.78, 5) is 23.7. The molecule has 1 spiro atoms. The maximum atomic E-state index is 12.1. The molecule has 2 fully saturated rings. The van der Waals surface area contributed by atoms with Crippen LogP contribution in [0.25, 0.3) is 0 Å². The lowest BCUT2D eigenvalue weighted by atomic mass is 9.51. The quantitative estimate of drug-likeness (QED) is 0.709. The second kappa shape index (κ2) is 8.04. The van der Waals surface area contributed by atoms with Crippen molar-refractivity contribution in [1.82, 2.24) is 15.2 Å². The van der Waals surface area contributed by atoms with Gasteiger partial charge in [0.25, 0.3) is 0 Å². The summed E-state index contributed by atoms with van der Waals surface area (Å²) in [5.41, 5.74) is 0.217. The van der Waals surface area contributed by atoms with Gasteiger partial charge in [0.1, 0.15) is 0 Å². The van der Waals surface area contributed by atoms with E-state index in [4.69, 9.17) is 4.74 Å². The molecular weight excluding hydrogens is 318 g/mol. The van der Waals surface area contributed by atoms with Crippen LogP contribution in [0.3, 0.4) is 0 Å². The fourth-order valence-corrected chi connectivity index (χ4v) is 4.10. The normalized spacial score (nSPS) is 23.6. The standard InChI is InChI=1S/C19H29N3O3/c1-2-25-16-14-15(19(16)9-7-10-19)21-18(24)20-11-4-6-13-22-12-5-3-8-17(22)23/h3,5,8,12,15-16H,2,4,6-7,9-11,13-14H2,1H3,(H2,20,21,24). The summed E-state index contributed by atoms with van der Waals surface area (Å²) >= 11 is 0. The molecule has 0 saturated heterocycles. The van der Waals surface area contributed by atoms with Gasteiger partial charge in [0.05, 0.1) is 6.10 Å². The number of pyridine rings is 1. The van der Waals surface area contributed by atoms with E-state index in [2.05, 4.69) is 10.6 Å². The van der Waals surface area contributed by atoms with Gasteiger partial charge in [-0.25, -0.2) is 4.79 Å². The first-order chi connectivity index (χ1) is 12.2. The molecule has 25 heavy (non-hydrogen) atoms. The maximum absolute atomic E-state index is 12.1. The third-order valence-electron chi connectivity index (χ3n) is 5.75. The fourth-order valence-electron chi connectivity index (χ4n) is 4.10. The first-order valence-corrected chi connectivity index (χ1v) is 9.47. The summed E-state index contributed by atoms with van der Waals surface area (Å²) in [6.45, 7) is 4.09. The van der Waals surface area contributed by atoms with Crippen LogP contribution in [0.1, 0.15) is 45.4 Å². The molecule has 1 aromatic heterocycles. The molecule has 2 unspecified atom stereocenters. The molecule has 1 aromatic rings. The van der Waals surface area contributed by atoms with Crippen molar-refractivity contribution in [3.63, 3.8) is 0 Å². The van der Waals surface area contributed by atoms with E-state index in [0.29, 0.717) is 19.2 Å². The Balaban J connectivity index is 1.32. The minimum absolute atomic E-state index is 0.0211. The average Bonchev–Trinajstić information content (AvgIpc) is 2.53. The maximum Gasteiger partial charge on any atom is 0.315 e. The molecule has 1 heterocycles. The van der Waals surface area contributed by atoms with E-state index in [1.54, 1.807) is 22.9 Å². The third kappa shape index (κ3) is 3.89. The summed E-state index contributed by atoms with van der Waals surface area (Å²) in [6, 6.07) is 5.34. The summed E-state index contributed by atoms with van der Waals surface area (Å²) in [5, 5.41) is 6.07. The van der Waals surface area contributed by atoms with Crippen LogP contribution in [0.2, 0.25) is 0 Å². The second-order valence-corrected chi connectivity index (χ2v) is 7.16. The van der Waals surface area contributed by atoms with Crippen LogP contribution in [0.15, 0.2) is 29.2 Å². The first kappa shape index (κ1) is 18.0. The second-order valence-electron chi connectivity index (χ2n) is 7.16. The number of nitrogens with one attached hydrogen (secondary N) is 2. The number of urea groups is 1. The number of carbonyl (C=O) groups excluding carboxylic acids is 1. The van der Waals surface area contributed by atoms with Crippen LogP contribution in [0.4, 0.5) is 4.79 Å². The van der Waals surface area contributed by atoms with E-state index in [9.17, 15) is 9.59 Å². The Hall–Kier alpha value is -1.82. The van der Waals surface area contributed by atoms with Gasteiger partial charge in [-0.05, 0) is 45.1 Å². The number of nitrogens with zero attached hydrogens (tertiary/aromatic N) is 1. The molecule has 2 aliphatic carbocycles. The number of hydrogen-bond acceptors (Lipinski definition) is 3. The SMILES string of the molecule is CCOC1CC(NC(=O)NCCCCn2ccccc2=O)C12CCC2. The monoisotopic (exact) mass is 347 g/mol. The van der Waals surface area contributed by atoms with Crippen molar-refractivity contribution in [1.29, 1.82) is 0 Å². The van der Waals surface area contributed by atoms with E-state index in [1.165, 1.54) is 6.42 Å². The van der Waals surface area contributed by atoms with Crippen molar-refractivity contribution in [2.75, 3.05) is 13.2 Å². The van der Waals surface area contributed by atoms with Gasteiger partial charge in [-0.15, -0.1) is 0 Å². The van der Waals surface area contributed by atoms with Crippen LogP contribution in [-0.4, -0.2) is 35.9 Å². The summed E-state index contributed by atoms with van der Waals surface area (Å²) in [5.74, 6) is 0. The first-order valence-electron chi connectivity index (χ1n) is 9.47. The highest BCUT2D eigenvalue weighted by atomic mass is 16.5. The van der Waals surface area contributed by atoms with Crippen LogP contribution in [0, 0.1) is 5.41 Å². The van der Waals surface area contributed by atoms with Crippen molar-refractivity contribution in [2.24, 2.45) is 5.41 Å². The summed E-state index contributed by atoms with van der Waals surface area (Å²) < 4.78 is 7.51. The van der Waals surface area contributed by atoms with Crippen molar-refractivity contribution in [3.8, 4) is 0 Å². The molecule has 0 aromatic carbocycles. The molecule has 0 radical (unpaired) electrons. The number of carbonyl (C=O) groups is 1. The molecule has 2 aliphatic rings.